The molecule has 0 saturated heterocycles. The number of rotatable bonds is 5. The molecule has 4 aromatic rings. The molecule has 0 saturated carbocycles. The van der Waals surface area contributed by atoms with Crippen LogP contribution in [0.5, 0.6) is 0 Å². The maximum absolute atomic E-state index is 12.6. The zero-order valence-electron chi connectivity index (χ0n) is 16.8. The molecule has 0 atom stereocenters. The van der Waals surface area contributed by atoms with Gasteiger partial charge in [-0.15, -0.1) is 0 Å². The van der Waals surface area contributed by atoms with Crippen LogP contribution in [0.4, 0.5) is 0 Å². The van der Waals surface area contributed by atoms with E-state index in [4.69, 9.17) is 0 Å². The third-order valence-electron chi connectivity index (χ3n) is 5.23. The summed E-state index contributed by atoms with van der Waals surface area (Å²) in [6, 6.07) is 27.1. The van der Waals surface area contributed by atoms with E-state index in [1.54, 1.807) is 24.3 Å². The van der Waals surface area contributed by atoms with Crippen LogP contribution >= 0.6 is 0 Å². The number of para-hydroxylation sites is 1. The molecule has 2 amide bonds. The molecule has 2 N–H and O–H groups in total. The highest BCUT2D eigenvalue weighted by Crippen LogP contribution is 2.27. The fourth-order valence-electron chi connectivity index (χ4n) is 3.69. The SMILES string of the molecule is Cc1c(CC(=O)NNC(=O)c2ccccc2)c2ccccc2n1Cc1ccccc1. The van der Waals surface area contributed by atoms with Crippen molar-refractivity contribution in [3.8, 4) is 0 Å². The summed E-state index contributed by atoms with van der Waals surface area (Å²) in [5.74, 6) is -0.600. The summed E-state index contributed by atoms with van der Waals surface area (Å²) in [5.41, 5.74) is 9.82. The molecule has 0 aliphatic carbocycles. The highest BCUT2D eigenvalue weighted by Gasteiger charge is 2.17. The fraction of sp³-hybridized carbons (Fsp3) is 0.120. The Hall–Kier alpha value is -3.86. The molecule has 0 aliphatic heterocycles. The van der Waals surface area contributed by atoms with Gasteiger partial charge in [-0.1, -0.05) is 66.7 Å². The minimum Gasteiger partial charge on any atom is -0.340 e. The number of fused-ring (bicyclic) bond motifs is 1. The predicted molar refractivity (Wildman–Crippen MR) is 118 cm³/mol. The van der Waals surface area contributed by atoms with Gasteiger partial charge in [0.2, 0.25) is 5.91 Å². The van der Waals surface area contributed by atoms with Crippen LogP contribution in [0.2, 0.25) is 0 Å². The third kappa shape index (κ3) is 4.10. The Balaban J connectivity index is 1.53. The summed E-state index contributed by atoms with van der Waals surface area (Å²) in [6.45, 7) is 2.77. The highest BCUT2D eigenvalue weighted by molar-refractivity contribution is 5.96. The highest BCUT2D eigenvalue weighted by atomic mass is 16.2. The van der Waals surface area contributed by atoms with Gasteiger partial charge in [-0.2, -0.15) is 0 Å². The number of amides is 2. The lowest BCUT2D eigenvalue weighted by molar-refractivity contribution is -0.121. The van der Waals surface area contributed by atoms with Gasteiger partial charge in [-0.3, -0.25) is 20.4 Å². The van der Waals surface area contributed by atoms with Crippen LogP contribution in [0.1, 0.15) is 27.2 Å². The first-order valence-electron chi connectivity index (χ1n) is 9.88. The Labute approximate surface area is 175 Å². The Morgan fingerprint density at radius 1 is 0.800 bits per heavy atom. The van der Waals surface area contributed by atoms with E-state index < -0.39 is 0 Å². The van der Waals surface area contributed by atoms with Crippen molar-refractivity contribution in [1.82, 2.24) is 15.4 Å². The van der Waals surface area contributed by atoms with Gasteiger partial charge in [0, 0.05) is 28.7 Å². The van der Waals surface area contributed by atoms with E-state index in [0.717, 1.165) is 28.7 Å². The molecule has 0 spiro atoms. The minimum absolute atomic E-state index is 0.184. The number of carbonyl (C=O) groups is 2. The van der Waals surface area contributed by atoms with E-state index in [9.17, 15) is 9.59 Å². The van der Waals surface area contributed by atoms with Crippen molar-refractivity contribution in [2.45, 2.75) is 19.9 Å². The normalized spacial score (nSPS) is 10.7. The molecule has 5 heteroatoms. The van der Waals surface area contributed by atoms with Crippen LogP contribution in [0.15, 0.2) is 84.9 Å². The van der Waals surface area contributed by atoms with Crippen LogP contribution in [0, 0.1) is 6.92 Å². The second kappa shape index (κ2) is 8.66. The Morgan fingerprint density at radius 2 is 1.43 bits per heavy atom. The van der Waals surface area contributed by atoms with E-state index in [1.165, 1.54) is 5.56 Å². The molecule has 1 aromatic heterocycles. The number of aromatic nitrogens is 1. The lowest BCUT2D eigenvalue weighted by Gasteiger charge is -2.10. The number of hydrogen-bond donors (Lipinski definition) is 2. The smallest absolute Gasteiger partial charge is 0.269 e. The molecular formula is C25H23N3O2. The van der Waals surface area contributed by atoms with E-state index in [1.807, 2.05) is 49.4 Å². The van der Waals surface area contributed by atoms with Crippen LogP contribution in [0.25, 0.3) is 10.9 Å². The number of nitrogens with one attached hydrogen (secondary N) is 2. The minimum atomic E-state index is -0.341. The van der Waals surface area contributed by atoms with Crippen molar-refractivity contribution in [3.63, 3.8) is 0 Å². The first kappa shape index (κ1) is 19.5. The summed E-state index contributed by atoms with van der Waals surface area (Å²) in [4.78, 5) is 24.7. The topological polar surface area (TPSA) is 63.1 Å². The average Bonchev–Trinajstić information content (AvgIpc) is 3.05. The molecule has 30 heavy (non-hydrogen) atoms. The van der Waals surface area contributed by atoms with Gasteiger partial charge in [-0.25, -0.2) is 0 Å². The van der Waals surface area contributed by atoms with E-state index in [2.05, 4.69) is 33.6 Å². The van der Waals surface area contributed by atoms with Gasteiger partial charge in [-0.05, 0) is 36.2 Å². The summed E-state index contributed by atoms with van der Waals surface area (Å²) in [5, 5.41) is 1.05. The quantitative estimate of drug-likeness (QED) is 0.500. The summed E-state index contributed by atoms with van der Waals surface area (Å²) in [6.07, 6.45) is 0.184. The molecule has 5 nitrogen and oxygen atoms in total. The zero-order chi connectivity index (χ0) is 20.9. The van der Waals surface area contributed by atoms with Gasteiger partial charge < -0.3 is 4.57 Å². The monoisotopic (exact) mass is 397 g/mol. The number of nitrogens with zero attached hydrogens (tertiary/aromatic N) is 1. The standard InChI is InChI=1S/C25H23N3O2/c1-18-22(16-24(29)26-27-25(30)20-12-6-3-7-13-20)21-14-8-9-15-23(21)28(18)17-19-10-4-2-5-11-19/h2-15H,16-17H2,1H3,(H,26,29)(H,27,30). The maximum Gasteiger partial charge on any atom is 0.269 e. The maximum atomic E-state index is 12.6. The molecule has 150 valence electrons. The average molecular weight is 397 g/mol. The van der Waals surface area contributed by atoms with Crippen LogP contribution in [-0.4, -0.2) is 16.4 Å². The van der Waals surface area contributed by atoms with Gasteiger partial charge in [0.25, 0.3) is 5.91 Å². The number of benzene rings is 3. The van der Waals surface area contributed by atoms with Gasteiger partial charge in [0.05, 0.1) is 6.42 Å². The zero-order valence-corrected chi connectivity index (χ0v) is 16.8. The van der Waals surface area contributed by atoms with Gasteiger partial charge in [0.1, 0.15) is 0 Å². The Bertz CT molecular complexity index is 1180. The fourth-order valence-corrected chi connectivity index (χ4v) is 3.69. The lowest BCUT2D eigenvalue weighted by atomic mass is 10.1. The molecule has 0 fully saturated rings. The van der Waals surface area contributed by atoms with Crippen LogP contribution in [-0.2, 0) is 17.8 Å². The molecule has 0 radical (unpaired) electrons. The van der Waals surface area contributed by atoms with Crippen molar-refractivity contribution in [1.29, 1.82) is 0 Å². The van der Waals surface area contributed by atoms with Crippen molar-refractivity contribution in [2.75, 3.05) is 0 Å². The number of hydrogen-bond acceptors (Lipinski definition) is 2. The first-order chi connectivity index (χ1) is 14.6. The van der Waals surface area contributed by atoms with Gasteiger partial charge >= 0.3 is 0 Å². The molecule has 1 heterocycles. The molecule has 3 aromatic carbocycles. The first-order valence-corrected chi connectivity index (χ1v) is 9.88. The van der Waals surface area contributed by atoms with Crippen molar-refractivity contribution < 1.29 is 9.59 Å². The Kier molecular flexibility index (Phi) is 5.61. The summed E-state index contributed by atoms with van der Waals surface area (Å²) < 4.78 is 2.23. The molecule has 0 unspecified atom stereocenters. The Morgan fingerprint density at radius 3 is 2.17 bits per heavy atom. The molecule has 0 aliphatic rings. The van der Waals surface area contributed by atoms with Crippen molar-refractivity contribution >= 4 is 22.7 Å². The number of carbonyl (C=O) groups excluding carboxylic acids is 2. The molecule has 4 rings (SSSR count). The van der Waals surface area contributed by atoms with E-state index in [-0.39, 0.29) is 18.2 Å². The van der Waals surface area contributed by atoms with Crippen LogP contribution in [0.3, 0.4) is 0 Å². The molecule has 0 bridgehead atoms. The summed E-state index contributed by atoms with van der Waals surface area (Å²) >= 11 is 0. The second-order valence-electron chi connectivity index (χ2n) is 7.20. The number of hydrazine groups is 1. The molecular weight excluding hydrogens is 374 g/mol. The second-order valence-corrected chi connectivity index (χ2v) is 7.20. The lowest BCUT2D eigenvalue weighted by Crippen LogP contribution is -2.42. The van der Waals surface area contributed by atoms with Crippen LogP contribution < -0.4 is 10.9 Å². The van der Waals surface area contributed by atoms with Gasteiger partial charge in [0.15, 0.2) is 0 Å². The van der Waals surface area contributed by atoms with Crippen molar-refractivity contribution in [3.05, 3.63) is 107 Å². The van der Waals surface area contributed by atoms with Crippen molar-refractivity contribution in [2.24, 2.45) is 0 Å². The summed E-state index contributed by atoms with van der Waals surface area (Å²) in [7, 11) is 0. The third-order valence-corrected chi connectivity index (χ3v) is 5.23. The predicted octanol–water partition coefficient (Wildman–Crippen LogP) is 4.00. The largest absolute Gasteiger partial charge is 0.340 e. The van der Waals surface area contributed by atoms with E-state index in [0.29, 0.717) is 5.56 Å². The van der Waals surface area contributed by atoms with E-state index >= 15 is 0 Å².